The van der Waals surface area contributed by atoms with E-state index in [1.807, 2.05) is 0 Å². The Morgan fingerprint density at radius 3 is 2.52 bits per heavy atom. The second-order valence-corrected chi connectivity index (χ2v) is 6.81. The highest BCUT2D eigenvalue weighted by Crippen LogP contribution is 2.42. The SMILES string of the molecule is Cc1c(O)c(F)c(F)c(C)c1-c1cn2nc(C3CC3)nc2c(C(N)=O)c1N. The van der Waals surface area contributed by atoms with E-state index in [-0.39, 0.29) is 45.1 Å². The summed E-state index contributed by atoms with van der Waals surface area (Å²) in [6, 6.07) is 0. The normalized spacial score (nSPS) is 14.1. The number of benzene rings is 1. The van der Waals surface area contributed by atoms with E-state index in [0.717, 1.165) is 12.8 Å². The minimum absolute atomic E-state index is 0.0265. The Balaban J connectivity index is 2.09. The lowest BCUT2D eigenvalue weighted by Crippen LogP contribution is -2.17. The Hall–Kier alpha value is -3.23. The van der Waals surface area contributed by atoms with Crippen LogP contribution in [0.2, 0.25) is 0 Å². The number of aromatic hydroxyl groups is 1. The van der Waals surface area contributed by atoms with Gasteiger partial charge < -0.3 is 16.6 Å². The molecule has 0 spiro atoms. The Morgan fingerprint density at radius 2 is 1.93 bits per heavy atom. The summed E-state index contributed by atoms with van der Waals surface area (Å²) in [6.07, 6.45) is 3.41. The third kappa shape index (κ3) is 2.42. The Morgan fingerprint density at radius 1 is 1.26 bits per heavy atom. The molecule has 1 aliphatic rings. The molecule has 0 saturated heterocycles. The van der Waals surface area contributed by atoms with Gasteiger partial charge in [0, 0.05) is 23.2 Å². The summed E-state index contributed by atoms with van der Waals surface area (Å²) in [5.74, 6) is -3.34. The van der Waals surface area contributed by atoms with Gasteiger partial charge in [0.25, 0.3) is 5.91 Å². The molecule has 4 rings (SSSR count). The van der Waals surface area contributed by atoms with Crippen LogP contribution in [0.25, 0.3) is 16.8 Å². The van der Waals surface area contributed by atoms with Crippen LogP contribution in [0.1, 0.15) is 46.1 Å². The number of nitrogens with zero attached hydrogens (tertiary/aromatic N) is 3. The fourth-order valence-corrected chi connectivity index (χ4v) is 3.35. The number of nitrogen functional groups attached to an aromatic ring is 1. The van der Waals surface area contributed by atoms with Gasteiger partial charge in [-0.2, -0.15) is 9.49 Å². The van der Waals surface area contributed by atoms with Crippen molar-refractivity contribution in [2.24, 2.45) is 5.73 Å². The van der Waals surface area contributed by atoms with Crippen LogP contribution in [0, 0.1) is 25.5 Å². The predicted molar refractivity (Wildman–Crippen MR) is 94.4 cm³/mol. The van der Waals surface area contributed by atoms with Crippen LogP contribution >= 0.6 is 0 Å². The molecule has 0 unspecified atom stereocenters. The molecule has 27 heavy (non-hydrogen) atoms. The van der Waals surface area contributed by atoms with Gasteiger partial charge in [-0.05, 0) is 37.8 Å². The molecule has 1 amide bonds. The number of primary amides is 1. The fraction of sp³-hybridized carbons (Fsp3) is 0.278. The van der Waals surface area contributed by atoms with Crippen LogP contribution in [0.3, 0.4) is 0 Å². The molecule has 5 N–H and O–H groups in total. The van der Waals surface area contributed by atoms with Gasteiger partial charge in [-0.25, -0.2) is 13.9 Å². The maximum Gasteiger partial charge on any atom is 0.254 e. The number of rotatable bonds is 3. The summed E-state index contributed by atoms with van der Waals surface area (Å²) in [5.41, 5.74) is 12.3. The van der Waals surface area contributed by atoms with Crippen molar-refractivity contribution in [2.45, 2.75) is 32.6 Å². The monoisotopic (exact) mass is 373 g/mol. The summed E-state index contributed by atoms with van der Waals surface area (Å²) < 4.78 is 29.5. The minimum atomic E-state index is -1.33. The van der Waals surface area contributed by atoms with Crippen LogP contribution in [0.4, 0.5) is 14.5 Å². The molecule has 2 aromatic heterocycles. The molecule has 9 heteroatoms. The number of phenolic OH excluding ortho intramolecular Hbond substituents is 1. The maximum atomic E-state index is 14.2. The van der Waals surface area contributed by atoms with Crippen molar-refractivity contribution in [3.05, 3.63) is 40.3 Å². The van der Waals surface area contributed by atoms with Crippen molar-refractivity contribution >= 4 is 17.2 Å². The smallest absolute Gasteiger partial charge is 0.254 e. The molecular weight excluding hydrogens is 356 g/mol. The van der Waals surface area contributed by atoms with Crippen molar-refractivity contribution in [1.82, 2.24) is 14.6 Å². The highest BCUT2D eigenvalue weighted by atomic mass is 19.2. The number of nitrogens with two attached hydrogens (primary N) is 2. The lowest BCUT2D eigenvalue weighted by atomic mass is 9.93. The lowest BCUT2D eigenvalue weighted by Gasteiger charge is -2.17. The molecule has 0 atom stereocenters. The lowest BCUT2D eigenvalue weighted by molar-refractivity contribution is 0.100. The first-order chi connectivity index (χ1) is 12.7. The molecule has 0 aliphatic heterocycles. The number of carbonyl (C=O) groups excluding carboxylic acids is 1. The molecule has 3 aromatic rings. The summed E-state index contributed by atoms with van der Waals surface area (Å²) in [7, 11) is 0. The van der Waals surface area contributed by atoms with E-state index in [1.54, 1.807) is 0 Å². The number of hydrogen-bond donors (Lipinski definition) is 3. The predicted octanol–water partition coefficient (Wildman–Crippen LogP) is 2.56. The first-order valence-electron chi connectivity index (χ1n) is 8.38. The van der Waals surface area contributed by atoms with Gasteiger partial charge in [0.05, 0.1) is 5.69 Å². The molecule has 1 aliphatic carbocycles. The Kier molecular flexibility index (Phi) is 3.59. The quantitative estimate of drug-likeness (QED) is 0.652. The Labute approximate surface area is 152 Å². The molecule has 1 aromatic carbocycles. The molecule has 140 valence electrons. The zero-order valence-corrected chi connectivity index (χ0v) is 14.7. The maximum absolute atomic E-state index is 14.2. The van der Waals surface area contributed by atoms with Gasteiger partial charge in [0.1, 0.15) is 5.56 Å². The molecular formula is C18H17F2N5O2. The van der Waals surface area contributed by atoms with Crippen LogP contribution in [-0.4, -0.2) is 25.6 Å². The first-order valence-corrected chi connectivity index (χ1v) is 8.38. The first kappa shape index (κ1) is 17.2. The van der Waals surface area contributed by atoms with Gasteiger partial charge in [-0.15, -0.1) is 0 Å². The topological polar surface area (TPSA) is 120 Å². The van der Waals surface area contributed by atoms with Crippen molar-refractivity contribution in [1.29, 1.82) is 0 Å². The summed E-state index contributed by atoms with van der Waals surface area (Å²) in [5, 5.41) is 14.3. The minimum Gasteiger partial charge on any atom is -0.505 e. The number of aromatic nitrogens is 3. The van der Waals surface area contributed by atoms with Gasteiger partial charge in [0.2, 0.25) is 5.82 Å². The Bertz CT molecular complexity index is 1110. The number of halogens is 2. The van der Waals surface area contributed by atoms with Crippen LogP contribution in [0.5, 0.6) is 5.75 Å². The van der Waals surface area contributed by atoms with E-state index in [9.17, 15) is 18.7 Å². The van der Waals surface area contributed by atoms with E-state index in [1.165, 1.54) is 24.6 Å². The van der Waals surface area contributed by atoms with E-state index < -0.39 is 23.3 Å². The third-order valence-electron chi connectivity index (χ3n) is 4.98. The van der Waals surface area contributed by atoms with Gasteiger partial charge in [0.15, 0.2) is 23.0 Å². The number of pyridine rings is 1. The summed E-state index contributed by atoms with van der Waals surface area (Å²) in [4.78, 5) is 16.4. The molecule has 2 heterocycles. The summed E-state index contributed by atoms with van der Waals surface area (Å²) in [6.45, 7) is 2.80. The van der Waals surface area contributed by atoms with Crippen LogP contribution < -0.4 is 11.5 Å². The van der Waals surface area contributed by atoms with E-state index in [4.69, 9.17) is 11.5 Å². The number of anilines is 1. The van der Waals surface area contributed by atoms with E-state index >= 15 is 0 Å². The zero-order valence-electron chi connectivity index (χ0n) is 14.7. The number of fused-ring (bicyclic) bond motifs is 1. The van der Waals surface area contributed by atoms with Crippen molar-refractivity contribution < 1.29 is 18.7 Å². The molecule has 1 fully saturated rings. The highest BCUT2D eigenvalue weighted by Gasteiger charge is 2.30. The second-order valence-electron chi connectivity index (χ2n) is 6.81. The van der Waals surface area contributed by atoms with Crippen LogP contribution in [0.15, 0.2) is 6.20 Å². The van der Waals surface area contributed by atoms with E-state index in [2.05, 4.69) is 10.1 Å². The molecule has 0 radical (unpaired) electrons. The molecule has 0 bridgehead atoms. The third-order valence-corrected chi connectivity index (χ3v) is 4.98. The summed E-state index contributed by atoms with van der Waals surface area (Å²) >= 11 is 0. The zero-order chi connectivity index (χ0) is 19.6. The largest absolute Gasteiger partial charge is 0.505 e. The van der Waals surface area contributed by atoms with Gasteiger partial charge in [-0.3, -0.25) is 4.79 Å². The number of carbonyl (C=O) groups is 1. The molecule has 1 saturated carbocycles. The number of phenols is 1. The molecule has 7 nitrogen and oxygen atoms in total. The van der Waals surface area contributed by atoms with Crippen molar-refractivity contribution in [3.63, 3.8) is 0 Å². The number of hydrogen-bond acceptors (Lipinski definition) is 5. The van der Waals surface area contributed by atoms with E-state index in [0.29, 0.717) is 5.82 Å². The standard InChI is InChI=1S/C18H17F2N5O2/c1-6-10(7(2)15(26)13(20)12(6)19)9-5-25-18(11(14(9)21)16(22)27)23-17(24-25)8-3-4-8/h5,8,26H,3-4,21H2,1-2H3,(H2,22,27). The second kappa shape index (κ2) is 5.63. The number of amides is 1. The average Bonchev–Trinajstić information content (AvgIpc) is 3.39. The highest BCUT2D eigenvalue weighted by molar-refractivity contribution is 6.07. The van der Waals surface area contributed by atoms with Crippen molar-refractivity contribution in [2.75, 3.05) is 5.73 Å². The van der Waals surface area contributed by atoms with Gasteiger partial charge in [-0.1, -0.05) is 0 Å². The van der Waals surface area contributed by atoms with Crippen molar-refractivity contribution in [3.8, 4) is 16.9 Å². The average molecular weight is 373 g/mol. The van der Waals surface area contributed by atoms with Gasteiger partial charge >= 0.3 is 0 Å². The van der Waals surface area contributed by atoms with Crippen LogP contribution in [-0.2, 0) is 0 Å². The fourth-order valence-electron chi connectivity index (χ4n) is 3.35.